The number of nitriles is 1. The highest BCUT2D eigenvalue weighted by Gasteiger charge is 2.52. The molecule has 0 radical (unpaired) electrons. The van der Waals surface area contributed by atoms with Gasteiger partial charge in [-0.1, -0.05) is 0 Å². The maximum Gasteiger partial charge on any atom is 0.352 e. The highest BCUT2D eigenvalue weighted by atomic mass is 32.2. The van der Waals surface area contributed by atoms with Gasteiger partial charge in [0.2, 0.25) is 5.95 Å². The van der Waals surface area contributed by atoms with E-state index in [0.29, 0.717) is 29.6 Å². The Bertz CT molecular complexity index is 893. The summed E-state index contributed by atoms with van der Waals surface area (Å²) in [6.07, 6.45) is 0. The number of H-pyrrole nitrogens is 1. The van der Waals surface area contributed by atoms with Crippen LogP contribution >= 0.6 is 23.1 Å². The van der Waals surface area contributed by atoms with Crippen LogP contribution in [0.3, 0.4) is 0 Å². The average Bonchev–Trinajstić information content (AvgIpc) is 3.00. The van der Waals surface area contributed by atoms with Crippen molar-refractivity contribution in [3.63, 3.8) is 0 Å². The quantitative estimate of drug-likeness (QED) is 0.811. The van der Waals surface area contributed by atoms with E-state index in [1.807, 2.05) is 16.7 Å². The number of methoxy groups -OCH3 is 1. The fourth-order valence-electron chi connectivity index (χ4n) is 3.03. The van der Waals surface area contributed by atoms with Gasteiger partial charge in [-0.3, -0.25) is 4.98 Å². The van der Waals surface area contributed by atoms with Gasteiger partial charge in [0.15, 0.2) is 0 Å². The van der Waals surface area contributed by atoms with Gasteiger partial charge in [-0.25, -0.2) is 4.79 Å². The minimum Gasteiger partial charge on any atom is -0.467 e. The number of aromatic nitrogens is 3. The number of nitrogen functional groups attached to an aromatic ring is 1. The lowest BCUT2D eigenvalue weighted by Gasteiger charge is -2.47. The highest BCUT2D eigenvalue weighted by Crippen LogP contribution is 2.57. The summed E-state index contributed by atoms with van der Waals surface area (Å²) in [5, 5.41) is 9.97. The Kier molecular flexibility index (Phi) is 3.04. The van der Waals surface area contributed by atoms with Crippen molar-refractivity contribution in [3.05, 3.63) is 26.5 Å². The summed E-state index contributed by atoms with van der Waals surface area (Å²) >= 11 is 3.31. The number of nitrogens with two attached hydrogens (primary N) is 1. The molecule has 23 heavy (non-hydrogen) atoms. The van der Waals surface area contributed by atoms with Crippen LogP contribution in [-0.2, 0) is 10.5 Å². The molecule has 0 saturated carbocycles. The van der Waals surface area contributed by atoms with Crippen LogP contribution in [0.15, 0.2) is 4.79 Å². The Balaban J connectivity index is 1.66. The van der Waals surface area contributed by atoms with E-state index in [4.69, 9.17) is 10.5 Å². The van der Waals surface area contributed by atoms with Crippen LogP contribution in [0, 0.1) is 11.3 Å². The van der Waals surface area contributed by atoms with Gasteiger partial charge in [0.05, 0.1) is 17.4 Å². The summed E-state index contributed by atoms with van der Waals surface area (Å²) in [5.74, 6) is 1.30. The predicted molar refractivity (Wildman–Crippen MR) is 87.8 cm³/mol. The first-order valence-corrected chi connectivity index (χ1v) is 8.59. The average molecular weight is 348 g/mol. The SMILES string of the molecule is COc1nc(N2CC3(C2)SCc2sc(N)c(C#N)c23)[nH]c(=O)n1. The molecule has 2 aliphatic rings. The second kappa shape index (κ2) is 4.87. The van der Waals surface area contributed by atoms with Crippen molar-refractivity contribution < 1.29 is 4.74 Å². The van der Waals surface area contributed by atoms with Gasteiger partial charge in [0, 0.05) is 29.3 Å². The smallest absolute Gasteiger partial charge is 0.352 e. The molecule has 0 aromatic carbocycles. The maximum absolute atomic E-state index is 11.6. The number of nitrogens with one attached hydrogen (secondary N) is 1. The van der Waals surface area contributed by atoms with Crippen molar-refractivity contribution in [2.75, 3.05) is 30.8 Å². The molecule has 0 unspecified atom stereocenters. The van der Waals surface area contributed by atoms with Crippen molar-refractivity contribution in [1.82, 2.24) is 15.0 Å². The molecule has 1 spiro atoms. The zero-order valence-electron chi connectivity index (χ0n) is 12.1. The van der Waals surface area contributed by atoms with Gasteiger partial charge in [-0.05, 0) is 0 Å². The number of thiophene rings is 1. The van der Waals surface area contributed by atoms with E-state index >= 15 is 0 Å². The summed E-state index contributed by atoms with van der Waals surface area (Å²) in [5.41, 5.74) is 7.12. The fraction of sp³-hybridized carbons (Fsp3) is 0.385. The van der Waals surface area contributed by atoms with Gasteiger partial charge >= 0.3 is 11.7 Å². The molecule has 2 aromatic heterocycles. The van der Waals surface area contributed by atoms with E-state index in [9.17, 15) is 10.1 Å². The lowest BCUT2D eigenvalue weighted by Crippen LogP contribution is -2.57. The van der Waals surface area contributed by atoms with Gasteiger partial charge in [-0.15, -0.1) is 28.1 Å². The molecule has 10 heteroatoms. The van der Waals surface area contributed by atoms with E-state index in [-0.39, 0.29) is 10.8 Å². The number of anilines is 2. The topological polar surface area (TPSA) is 121 Å². The van der Waals surface area contributed by atoms with Crippen molar-refractivity contribution in [2.24, 2.45) is 0 Å². The van der Waals surface area contributed by atoms with Crippen LogP contribution < -0.4 is 21.1 Å². The first-order valence-electron chi connectivity index (χ1n) is 6.79. The molecule has 0 bridgehead atoms. The molecule has 2 aromatic rings. The molecule has 1 saturated heterocycles. The van der Waals surface area contributed by atoms with Crippen molar-refractivity contribution in [3.8, 4) is 12.1 Å². The van der Waals surface area contributed by atoms with E-state index in [1.54, 1.807) is 0 Å². The largest absolute Gasteiger partial charge is 0.467 e. The van der Waals surface area contributed by atoms with Crippen LogP contribution in [0.2, 0.25) is 0 Å². The number of hydrogen-bond acceptors (Lipinski definition) is 9. The summed E-state index contributed by atoms with van der Waals surface area (Å²) in [6, 6.07) is 2.27. The van der Waals surface area contributed by atoms with Crippen molar-refractivity contribution in [1.29, 1.82) is 5.26 Å². The van der Waals surface area contributed by atoms with Crippen LogP contribution in [-0.4, -0.2) is 35.2 Å². The normalized spacial score (nSPS) is 17.7. The Labute approximate surface area is 139 Å². The monoisotopic (exact) mass is 348 g/mol. The molecule has 8 nitrogen and oxygen atoms in total. The zero-order chi connectivity index (χ0) is 16.2. The summed E-state index contributed by atoms with van der Waals surface area (Å²) < 4.78 is 4.79. The molecular formula is C13H12N6O2S2. The molecule has 0 atom stereocenters. The van der Waals surface area contributed by atoms with E-state index in [0.717, 1.165) is 11.3 Å². The minimum absolute atomic E-state index is 0.0435. The van der Waals surface area contributed by atoms with Crippen LogP contribution in [0.1, 0.15) is 16.0 Å². The fourth-order valence-corrected chi connectivity index (χ4v) is 5.84. The second-order valence-electron chi connectivity index (χ2n) is 5.35. The maximum atomic E-state index is 11.6. The molecule has 0 aliphatic carbocycles. The lowest BCUT2D eigenvalue weighted by molar-refractivity contribution is 0.373. The molecule has 1 fully saturated rings. The number of fused-ring (bicyclic) bond motifs is 2. The summed E-state index contributed by atoms with van der Waals surface area (Å²) in [7, 11) is 1.42. The minimum atomic E-state index is -0.495. The number of ether oxygens (including phenoxy) is 1. The third kappa shape index (κ3) is 2.00. The summed E-state index contributed by atoms with van der Waals surface area (Å²) in [6.45, 7) is 1.32. The third-order valence-corrected chi connectivity index (χ3v) is 6.70. The third-order valence-electron chi connectivity index (χ3n) is 4.05. The molecule has 4 heterocycles. The van der Waals surface area contributed by atoms with Gasteiger partial charge in [0.25, 0.3) is 0 Å². The van der Waals surface area contributed by atoms with Gasteiger partial charge in [-0.2, -0.15) is 10.2 Å². The number of hydrogen-bond donors (Lipinski definition) is 2. The molecule has 0 amide bonds. The van der Waals surface area contributed by atoms with Crippen LogP contribution in [0.5, 0.6) is 6.01 Å². The van der Waals surface area contributed by atoms with Gasteiger partial charge in [0.1, 0.15) is 11.1 Å². The molecule has 2 aliphatic heterocycles. The number of aromatic amines is 1. The van der Waals surface area contributed by atoms with Crippen molar-refractivity contribution in [2.45, 2.75) is 10.5 Å². The number of nitrogens with zero attached hydrogens (tertiary/aromatic N) is 4. The molecule has 3 N–H and O–H groups in total. The second-order valence-corrected chi connectivity index (χ2v) is 7.85. The van der Waals surface area contributed by atoms with E-state index in [2.05, 4.69) is 21.0 Å². The zero-order valence-corrected chi connectivity index (χ0v) is 13.8. The first-order chi connectivity index (χ1) is 11.1. The first kappa shape index (κ1) is 14.3. The predicted octanol–water partition coefficient (Wildman–Crippen LogP) is 0.651. The van der Waals surface area contributed by atoms with Crippen LogP contribution in [0.4, 0.5) is 10.9 Å². The van der Waals surface area contributed by atoms with Crippen molar-refractivity contribution >= 4 is 34.0 Å². The number of rotatable bonds is 2. The Hall–Kier alpha value is -2.25. The highest BCUT2D eigenvalue weighted by molar-refractivity contribution is 8.00. The van der Waals surface area contributed by atoms with E-state index < -0.39 is 5.69 Å². The molecule has 118 valence electrons. The lowest BCUT2D eigenvalue weighted by atomic mass is 9.88. The Morgan fingerprint density at radius 3 is 2.96 bits per heavy atom. The van der Waals surface area contributed by atoms with E-state index in [1.165, 1.54) is 23.3 Å². The standard InChI is InChI=1S/C13H12N6O2S2/c1-21-12-17-10(16-11(20)18-12)19-4-13(5-19)8-6(2-14)9(15)23-7(8)3-22-13/h3-5,15H2,1H3,(H,16,17,18,20). The number of thioether (sulfide) groups is 1. The van der Waals surface area contributed by atoms with Gasteiger partial charge < -0.3 is 15.4 Å². The summed E-state index contributed by atoms with van der Waals surface area (Å²) in [4.78, 5) is 25.1. The Morgan fingerprint density at radius 1 is 1.48 bits per heavy atom. The van der Waals surface area contributed by atoms with Crippen LogP contribution in [0.25, 0.3) is 0 Å². The molecular weight excluding hydrogens is 336 g/mol. The molecule has 4 rings (SSSR count). The Morgan fingerprint density at radius 2 is 2.26 bits per heavy atom.